The van der Waals surface area contributed by atoms with Gasteiger partial charge < -0.3 is 10.2 Å². The summed E-state index contributed by atoms with van der Waals surface area (Å²) in [6.07, 6.45) is 6.41. The number of anilines is 1. The Morgan fingerprint density at radius 1 is 1.19 bits per heavy atom. The van der Waals surface area contributed by atoms with Crippen LogP contribution in [0.1, 0.15) is 31.5 Å². The Hall–Kier alpha value is -0.750. The molecule has 2 atom stereocenters. The molecule has 2 N–H and O–H groups in total. The minimum atomic E-state index is 0.649. The highest BCUT2D eigenvalue weighted by Crippen LogP contribution is 2.28. The first-order valence-electron chi connectivity index (χ1n) is 8.36. The number of rotatable bonds is 3. The van der Waals surface area contributed by atoms with Crippen LogP contribution in [-0.2, 0) is 6.42 Å². The number of piperidine rings is 1. The quantitative estimate of drug-likeness (QED) is 0.890. The molecule has 6 heteroatoms. The highest BCUT2D eigenvalue weighted by molar-refractivity contribution is 7.99. The standard InChI is InChI=1S/C15H25N5S/c1-2-12-9-20(10-13(12)16-5-1)15-17-14(18-19-15)8-11-3-6-21-7-4-11/h11-13,16H,1-10H2,(H,17,18,19). The van der Waals surface area contributed by atoms with E-state index in [2.05, 4.69) is 32.2 Å². The van der Waals surface area contributed by atoms with Crippen LogP contribution in [0.25, 0.3) is 0 Å². The predicted octanol–water partition coefficient (Wildman–Crippen LogP) is 1.68. The first kappa shape index (κ1) is 13.9. The Kier molecular flexibility index (Phi) is 4.07. The van der Waals surface area contributed by atoms with Crippen molar-refractivity contribution in [2.45, 2.75) is 38.1 Å². The van der Waals surface area contributed by atoms with Crippen LogP contribution in [0.15, 0.2) is 0 Å². The van der Waals surface area contributed by atoms with Crippen molar-refractivity contribution in [1.29, 1.82) is 0 Å². The maximum atomic E-state index is 4.77. The van der Waals surface area contributed by atoms with Crippen LogP contribution in [0, 0.1) is 11.8 Å². The minimum absolute atomic E-state index is 0.649. The summed E-state index contributed by atoms with van der Waals surface area (Å²) in [5.41, 5.74) is 0. The molecule has 0 amide bonds. The topological polar surface area (TPSA) is 56.8 Å². The third-order valence-electron chi connectivity index (χ3n) is 5.22. The number of fused-ring (bicyclic) bond motifs is 1. The van der Waals surface area contributed by atoms with Gasteiger partial charge in [0, 0.05) is 25.6 Å². The van der Waals surface area contributed by atoms with E-state index in [1.165, 1.54) is 43.7 Å². The zero-order valence-electron chi connectivity index (χ0n) is 12.6. The monoisotopic (exact) mass is 307 g/mol. The summed E-state index contributed by atoms with van der Waals surface area (Å²) >= 11 is 2.08. The molecule has 4 heterocycles. The van der Waals surface area contributed by atoms with E-state index >= 15 is 0 Å². The number of aromatic nitrogens is 3. The van der Waals surface area contributed by atoms with Crippen molar-refractivity contribution in [3.05, 3.63) is 5.82 Å². The summed E-state index contributed by atoms with van der Waals surface area (Å²) in [7, 11) is 0. The molecule has 3 fully saturated rings. The van der Waals surface area contributed by atoms with Gasteiger partial charge in [-0.3, -0.25) is 5.10 Å². The Balaban J connectivity index is 1.38. The molecule has 4 rings (SSSR count). The Bertz CT molecular complexity index is 456. The van der Waals surface area contributed by atoms with Gasteiger partial charge in [0.25, 0.3) is 0 Å². The number of hydrogen-bond acceptors (Lipinski definition) is 5. The van der Waals surface area contributed by atoms with Crippen molar-refractivity contribution in [2.75, 3.05) is 36.0 Å². The van der Waals surface area contributed by atoms with Crippen LogP contribution in [-0.4, -0.2) is 52.4 Å². The summed E-state index contributed by atoms with van der Waals surface area (Å²) in [4.78, 5) is 7.13. The fraction of sp³-hybridized carbons (Fsp3) is 0.867. The third kappa shape index (κ3) is 3.06. The summed E-state index contributed by atoms with van der Waals surface area (Å²) in [6.45, 7) is 3.37. The highest BCUT2D eigenvalue weighted by atomic mass is 32.2. The van der Waals surface area contributed by atoms with Crippen LogP contribution in [0.2, 0.25) is 0 Å². The molecular weight excluding hydrogens is 282 g/mol. The molecule has 1 aromatic heterocycles. The lowest BCUT2D eigenvalue weighted by molar-refractivity contribution is 0.340. The molecular formula is C15H25N5S. The molecule has 0 aromatic carbocycles. The van der Waals surface area contributed by atoms with Crippen molar-refractivity contribution in [2.24, 2.45) is 11.8 Å². The second kappa shape index (κ2) is 6.16. The fourth-order valence-corrected chi connectivity index (χ4v) is 5.16. The fourth-order valence-electron chi connectivity index (χ4n) is 3.95. The van der Waals surface area contributed by atoms with Crippen LogP contribution in [0.3, 0.4) is 0 Å². The van der Waals surface area contributed by atoms with E-state index in [0.717, 1.165) is 43.1 Å². The van der Waals surface area contributed by atoms with Crippen LogP contribution in [0.4, 0.5) is 5.95 Å². The van der Waals surface area contributed by atoms with Crippen molar-refractivity contribution in [3.63, 3.8) is 0 Å². The highest BCUT2D eigenvalue weighted by Gasteiger charge is 2.35. The molecule has 3 saturated heterocycles. The van der Waals surface area contributed by atoms with Crippen molar-refractivity contribution in [3.8, 4) is 0 Å². The van der Waals surface area contributed by atoms with Gasteiger partial charge in [-0.1, -0.05) is 0 Å². The molecule has 0 radical (unpaired) electrons. The Morgan fingerprint density at radius 2 is 2.10 bits per heavy atom. The summed E-state index contributed by atoms with van der Waals surface area (Å²) in [5.74, 6) is 6.22. The summed E-state index contributed by atoms with van der Waals surface area (Å²) < 4.78 is 0. The number of aromatic amines is 1. The average Bonchev–Trinajstić information content (AvgIpc) is 3.14. The van der Waals surface area contributed by atoms with Gasteiger partial charge in [0.05, 0.1) is 0 Å². The Morgan fingerprint density at radius 3 is 2.95 bits per heavy atom. The Labute approximate surface area is 130 Å². The van der Waals surface area contributed by atoms with E-state index in [1.807, 2.05) is 0 Å². The lowest BCUT2D eigenvalue weighted by Gasteiger charge is -2.24. The van der Waals surface area contributed by atoms with Gasteiger partial charge >= 0.3 is 0 Å². The number of nitrogens with one attached hydrogen (secondary N) is 2. The number of thioether (sulfide) groups is 1. The molecule has 0 saturated carbocycles. The first-order chi connectivity index (χ1) is 10.4. The predicted molar refractivity (Wildman–Crippen MR) is 86.9 cm³/mol. The third-order valence-corrected chi connectivity index (χ3v) is 6.27. The normalized spacial score (nSPS) is 30.6. The molecule has 3 aliphatic heterocycles. The van der Waals surface area contributed by atoms with Gasteiger partial charge in [-0.05, 0) is 55.6 Å². The van der Waals surface area contributed by atoms with Gasteiger partial charge in [0.1, 0.15) is 5.82 Å². The van der Waals surface area contributed by atoms with Gasteiger partial charge in [0.15, 0.2) is 0 Å². The maximum absolute atomic E-state index is 4.77. The molecule has 3 aliphatic rings. The smallest absolute Gasteiger partial charge is 0.244 e. The SMILES string of the molecule is C1CNC2CN(c3n[nH]c(CC4CCSCC4)n3)CC2C1. The van der Waals surface area contributed by atoms with E-state index < -0.39 is 0 Å². The largest absolute Gasteiger partial charge is 0.338 e. The van der Waals surface area contributed by atoms with E-state index in [1.54, 1.807) is 0 Å². The van der Waals surface area contributed by atoms with Crippen molar-refractivity contribution in [1.82, 2.24) is 20.5 Å². The molecule has 21 heavy (non-hydrogen) atoms. The van der Waals surface area contributed by atoms with Gasteiger partial charge in [-0.15, -0.1) is 5.10 Å². The second-order valence-electron chi connectivity index (χ2n) is 6.71. The van der Waals surface area contributed by atoms with Gasteiger partial charge in [0.2, 0.25) is 5.95 Å². The number of hydrogen-bond donors (Lipinski definition) is 2. The molecule has 0 aliphatic carbocycles. The van der Waals surface area contributed by atoms with E-state index in [0.29, 0.717) is 6.04 Å². The minimum Gasteiger partial charge on any atom is -0.338 e. The first-order valence-corrected chi connectivity index (χ1v) is 9.51. The van der Waals surface area contributed by atoms with Crippen LogP contribution >= 0.6 is 11.8 Å². The zero-order chi connectivity index (χ0) is 14.1. The maximum Gasteiger partial charge on any atom is 0.244 e. The van der Waals surface area contributed by atoms with Gasteiger partial charge in [-0.25, -0.2) is 0 Å². The van der Waals surface area contributed by atoms with Crippen LogP contribution < -0.4 is 10.2 Å². The van der Waals surface area contributed by atoms with Crippen LogP contribution in [0.5, 0.6) is 0 Å². The van der Waals surface area contributed by atoms with E-state index in [9.17, 15) is 0 Å². The molecule has 2 unspecified atom stereocenters. The summed E-state index contributed by atoms with van der Waals surface area (Å²) in [6, 6.07) is 0.649. The summed E-state index contributed by atoms with van der Waals surface area (Å²) in [5, 5.41) is 11.3. The zero-order valence-corrected chi connectivity index (χ0v) is 13.4. The van der Waals surface area contributed by atoms with Gasteiger partial charge in [-0.2, -0.15) is 16.7 Å². The van der Waals surface area contributed by atoms with E-state index in [4.69, 9.17) is 4.98 Å². The number of nitrogens with zero attached hydrogens (tertiary/aromatic N) is 3. The van der Waals surface area contributed by atoms with Crippen molar-refractivity contribution < 1.29 is 0 Å². The molecule has 0 bridgehead atoms. The van der Waals surface area contributed by atoms with Crippen molar-refractivity contribution >= 4 is 17.7 Å². The molecule has 5 nitrogen and oxygen atoms in total. The second-order valence-corrected chi connectivity index (χ2v) is 7.93. The van der Waals surface area contributed by atoms with E-state index in [-0.39, 0.29) is 0 Å². The molecule has 1 aromatic rings. The lowest BCUT2D eigenvalue weighted by atomic mass is 9.94. The lowest BCUT2D eigenvalue weighted by Crippen LogP contribution is -2.40. The number of H-pyrrole nitrogens is 1. The average molecular weight is 307 g/mol. The molecule has 116 valence electrons. The molecule has 0 spiro atoms.